The zero-order chi connectivity index (χ0) is 20.5. The Morgan fingerprint density at radius 1 is 1.10 bits per heavy atom. The molecule has 5 aromatic heterocycles. The van der Waals surface area contributed by atoms with Crippen molar-refractivity contribution in [2.75, 3.05) is 12.4 Å². The van der Waals surface area contributed by atoms with Crippen LogP contribution < -0.4 is 10.1 Å². The maximum Gasteiger partial charge on any atom is 0.178 e. The molecule has 0 aliphatic heterocycles. The molecule has 0 fully saturated rings. The van der Waals surface area contributed by atoms with E-state index in [1.54, 1.807) is 24.0 Å². The Morgan fingerprint density at radius 2 is 2.03 bits per heavy atom. The number of pyridine rings is 2. The molecule has 0 aliphatic carbocycles. The third-order valence-electron chi connectivity index (χ3n) is 4.81. The monoisotopic (exact) mass is 401 g/mol. The topological polar surface area (TPSA) is 108 Å². The van der Waals surface area contributed by atoms with Crippen molar-refractivity contribution < 1.29 is 4.74 Å². The van der Waals surface area contributed by atoms with Gasteiger partial charge in [0.25, 0.3) is 0 Å². The molecular formula is C20H19N9O. The normalized spacial score (nSPS) is 11.3. The SMILES string of the molecule is CCn1cc(-c2ccc3nnc(CNc4ccnc5cc(OC)cnc45)n3n2)cn1. The van der Waals surface area contributed by atoms with Crippen LogP contribution in [0.15, 0.2) is 49.1 Å². The highest BCUT2D eigenvalue weighted by Crippen LogP contribution is 2.23. The number of nitrogens with zero attached hydrogens (tertiary/aromatic N) is 8. The van der Waals surface area contributed by atoms with Crippen molar-refractivity contribution >= 4 is 22.4 Å². The van der Waals surface area contributed by atoms with Crippen LogP contribution in [0.3, 0.4) is 0 Å². The molecule has 10 heteroatoms. The second-order valence-corrected chi connectivity index (χ2v) is 6.64. The fraction of sp³-hybridized carbons (Fsp3) is 0.200. The van der Waals surface area contributed by atoms with Crippen molar-refractivity contribution in [3.8, 4) is 17.0 Å². The first-order chi connectivity index (χ1) is 14.7. The molecule has 150 valence electrons. The molecule has 0 aromatic carbocycles. The van der Waals surface area contributed by atoms with Crippen molar-refractivity contribution in [2.45, 2.75) is 20.0 Å². The number of methoxy groups -OCH3 is 1. The Kier molecular flexibility index (Phi) is 4.43. The Balaban J connectivity index is 1.44. The quantitative estimate of drug-likeness (QED) is 0.462. The summed E-state index contributed by atoms with van der Waals surface area (Å²) in [4.78, 5) is 8.82. The van der Waals surface area contributed by atoms with Crippen LogP contribution in [-0.4, -0.2) is 46.7 Å². The lowest BCUT2D eigenvalue weighted by atomic mass is 10.2. The molecule has 0 aliphatic rings. The zero-order valence-corrected chi connectivity index (χ0v) is 16.5. The third kappa shape index (κ3) is 3.17. The first kappa shape index (κ1) is 18.0. The molecule has 0 radical (unpaired) electrons. The molecule has 5 rings (SSSR count). The van der Waals surface area contributed by atoms with Gasteiger partial charge in [0.15, 0.2) is 11.5 Å². The third-order valence-corrected chi connectivity index (χ3v) is 4.81. The lowest BCUT2D eigenvalue weighted by Gasteiger charge is -2.08. The zero-order valence-electron chi connectivity index (χ0n) is 16.5. The van der Waals surface area contributed by atoms with Gasteiger partial charge in [0.1, 0.15) is 11.3 Å². The molecule has 0 bridgehead atoms. The smallest absolute Gasteiger partial charge is 0.178 e. The Labute approximate surface area is 171 Å². The summed E-state index contributed by atoms with van der Waals surface area (Å²) >= 11 is 0. The summed E-state index contributed by atoms with van der Waals surface area (Å²) in [6.07, 6.45) is 7.18. The second kappa shape index (κ2) is 7.39. The minimum atomic E-state index is 0.429. The average Bonchev–Trinajstić information content (AvgIpc) is 3.43. The summed E-state index contributed by atoms with van der Waals surface area (Å²) < 4.78 is 8.84. The number of nitrogens with one attached hydrogen (secondary N) is 1. The van der Waals surface area contributed by atoms with Crippen LogP contribution in [0.2, 0.25) is 0 Å². The van der Waals surface area contributed by atoms with Crippen LogP contribution in [0, 0.1) is 0 Å². The van der Waals surface area contributed by atoms with Gasteiger partial charge < -0.3 is 10.1 Å². The van der Waals surface area contributed by atoms with E-state index in [1.807, 2.05) is 48.3 Å². The predicted molar refractivity (Wildman–Crippen MR) is 111 cm³/mol. The van der Waals surface area contributed by atoms with Gasteiger partial charge in [-0.25, -0.2) is 4.98 Å². The highest BCUT2D eigenvalue weighted by molar-refractivity contribution is 5.87. The highest BCUT2D eigenvalue weighted by Gasteiger charge is 2.11. The molecule has 1 N–H and O–H groups in total. The molecule has 0 saturated carbocycles. The highest BCUT2D eigenvalue weighted by atomic mass is 16.5. The fourth-order valence-corrected chi connectivity index (χ4v) is 3.21. The number of ether oxygens (including phenoxy) is 1. The number of hydrogen-bond acceptors (Lipinski definition) is 8. The van der Waals surface area contributed by atoms with Crippen LogP contribution in [0.4, 0.5) is 5.69 Å². The number of aryl methyl sites for hydroxylation is 1. The summed E-state index contributed by atoms with van der Waals surface area (Å²) in [5, 5.41) is 20.9. The van der Waals surface area contributed by atoms with Gasteiger partial charge in [-0.3, -0.25) is 9.67 Å². The van der Waals surface area contributed by atoms with Gasteiger partial charge in [-0.1, -0.05) is 0 Å². The van der Waals surface area contributed by atoms with Crippen molar-refractivity contribution in [2.24, 2.45) is 0 Å². The summed E-state index contributed by atoms with van der Waals surface area (Å²) in [5.74, 6) is 1.35. The summed E-state index contributed by atoms with van der Waals surface area (Å²) in [7, 11) is 1.61. The summed E-state index contributed by atoms with van der Waals surface area (Å²) in [6.45, 7) is 3.28. The maximum absolute atomic E-state index is 5.23. The van der Waals surface area contributed by atoms with Crippen LogP contribution in [0.5, 0.6) is 5.75 Å². The van der Waals surface area contributed by atoms with E-state index in [2.05, 4.69) is 30.6 Å². The molecule has 30 heavy (non-hydrogen) atoms. The fourth-order valence-electron chi connectivity index (χ4n) is 3.21. The number of aromatic nitrogens is 8. The van der Waals surface area contributed by atoms with Gasteiger partial charge in [0.05, 0.1) is 42.9 Å². The van der Waals surface area contributed by atoms with Gasteiger partial charge in [-0.05, 0) is 25.1 Å². The van der Waals surface area contributed by atoms with Crippen molar-refractivity contribution in [3.63, 3.8) is 0 Å². The van der Waals surface area contributed by atoms with Crippen molar-refractivity contribution in [1.29, 1.82) is 0 Å². The van der Waals surface area contributed by atoms with E-state index in [1.165, 1.54) is 0 Å². The molecule has 0 atom stereocenters. The largest absolute Gasteiger partial charge is 0.495 e. The first-order valence-corrected chi connectivity index (χ1v) is 9.52. The molecule has 0 unspecified atom stereocenters. The Bertz CT molecular complexity index is 1340. The number of anilines is 1. The van der Waals surface area contributed by atoms with Crippen LogP contribution in [-0.2, 0) is 13.1 Å². The van der Waals surface area contributed by atoms with Gasteiger partial charge >= 0.3 is 0 Å². The molecule has 0 spiro atoms. The van der Waals surface area contributed by atoms with Crippen LogP contribution in [0.25, 0.3) is 27.9 Å². The van der Waals surface area contributed by atoms with Gasteiger partial charge in [-0.2, -0.15) is 14.7 Å². The standard InChI is InChI=1S/C20H19N9O/c1-3-28-12-13(9-24-28)15-4-5-18-25-26-19(29(18)27-15)11-22-16-6-7-21-17-8-14(30-2)10-23-20(16)17/h4-10,12H,3,11H2,1-2H3,(H,21,22). The average molecular weight is 401 g/mol. The number of hydrogen-bond donors (Lipinski definition) is 1. The van der Waals surface area contributed by atoms with E-state index in [0.717, 1.165) is 34.5 Å². The van der Waals surface area contributed by atoms with E-state index in [-0.39, 0.29) is 0 Å². The first-order valence-electron chi connectivity index (χ1n) is 9.52. The van der Waals surface area contributed by atoms with Crippen molar-refractivity contribution in [1.82, 2.24) is 39.6 Å². The predicted octanol–water partition coefficient (Wildman–Crippen LogP) is 2.57. The maximum atomic E-state index is 5.23. The van der Waals surface area contributed by atoms with E-state index in [9.17, 15) is 0 Å². The van der Waals surface area contributed by atoms with E-state index in [4.69, 9.17) is 9.84 Å². The second-order valence-electron chi connectivity index (χ2n) is 6.64. The Morgan fingerprint density at radius 3 is 2.87 bits per heavy atom. The number of rotatable bonds is 6. The van der Waals surface area contributed by atoms with E-state index < -0.39 is 0 Å². The minimum Gasteiger partial charge on any atom is -0.495 e. The minimum absolute atomic E-state index is 0.429. The van der Waals surface area contributed by atoms with Crippen LogP contribution in [0.1, 0.15) is 12.7 Å². The lowest BCUT2D eigenvalue weighted by Crippen LogP contribution is -2.07. The van der Waals surface area contributed by atoms with Crippen molar-refractivity contribution in [3.05, 3.63) is 54.9 Å². The summed E-state index contributed by atoms with van der Waals surface area (Å²) in [6, 6.07) is 7.55. The molecule has 5 aromatic rings. The van der Waals surface area contributed by atoms with Gasteiger partial charge in [-0.15, -0.1) is 10.2 Å². The van der Waals surface area contributed by atoms with Gasteiger partial charge in [0, 0.05) is 30.6 Å². The number of fused-ring (bicyclic) bond motifs is 2. The molecule has 0 amide bonds. The molecule has 0 saturated heterocycles. The molecular weight excluding hydrogens is 382 g/mol. The van der Waals surface area contributed by atoms with E-state index in [0.29, 0.717) is 23.8 Å². The molecule has 10 nitrogen and oxygen atoms in total. The van der Waals surface area contributed by atoms with E-state index >= 15 is 0 Å². The van der Waals surface area contributed by atoms with Crippen LogP contribution >= 0.6 is 0 Å². The summed E-state index contributed by atoms with van der Waals surface area (Å²) in [5.41, 5.74) is 4.79. The Hall–Kier alpha value is -4.08. The molecule has 5 heterocycles. The van der Waals surface area contributed by atoms with Gasteiger partial charge in [0.2, 0.25) is 0 Å². The lowest BCUT2D eigenvalue weighted by molar-refractivity contribution is 0.413.